The van der Waals surface area contributed by atoms with Crippen molar-refractivity contribution >= 4 is 27.7 Å². The number of carbonyl (C=O) groups excluding carboxylic acids is 1. The molecule has 3 rings (SSSR count). The van der Waals surface area contributed by atoms with Crippen molar-refractivity contribution in [3.8, 4) is 0 Å². The SMILES string of the molecule is O=C(C1CCOC1)N1CCN(c2ccc(Br)cn2)CC1. The molecule has 5 nitrogen and oxygen atoms in total. The lowest BCUT2D eigenvalue weighted by Gasteiger charge is -2.36. The van der Waals surface area contributed by atoms with Gasteiger partial charge in [-0.25, -0.2) is 4.98 Å². The van der Waals surface area contributed by atoms with Crippen LogP contribution in [-0.4, -0.2) is 55.2 Å². The third kappa shape index (κ3) is 2.96. The molecule has 2 saturated heterocycles. The van der Waals surface area contributed by atoms with Gasteiger partial charge in [-0.15, -0.1) is 0 Å². The van der Waals surface area contributed by atoms with Crippen LogP contribution in [0.4, 0.5) is 5.82 Å². The summed E-state index contributed by atoms with van der Waals surface area (Å²) in [5.41, 5.74) is 0. The van der Waals surface area contributed by atoms with Crippen molar-refractivity contribution in [1.82, 2.24) is 9.88 Å². The van der Waals surface area contributed by atoms with Gasteiger partial charge < -0.3 is 14.5 Å². The van der Waals surface area contributed by atoms with Gasteiger partial charge in [-0.2, -0.15) is 0 Å². The van der Waals surface area contributed by atoms with Crippen LogP contribution in [0, 0.1) is 5.92 Å². The van der Waals surface area contributed by atoms with E-state index in [1.807, 2.05) is 23.2 Å². The topological polar surface area (TPSA) is 45.7 Å². The Morgan fingerprint density at radius 2 is 2.10 bits per heavy atom. The number of anilines is 1. The molecule has 1 amide bonds. The summed E-state index contributed by atoms with van der Waals surface area (Å²) in [6.07, 6.45) is 2.68. The predicted molar refractivity (Wildman–Crippen MR) is 79.7 cm³/mol. The maximum absolute atomic E-state index is 12.3. The van der Waals surface area contributed by atoms with Crippen LogP contribution in [0.2, 0.25) is 0 Å². The van der Waals surface area contributed by atoms with Gasteiger partial charge in [0.05, 0.1) is 12.5 Å². The number of rotatable bonds is 2. The van der Waals surface area contributed by atoms with Gasteiger partial charge in [-0.1, -0.05) is 0 Å². The van der Waals surface area contributed by atoms with Gasteiger partial charge in [0.1, 0.15) is 5.82 Å². The molecule has 1 aromatic rings. The molecule has 20 heavy (non-hydrogen) atoms. The third-order valence-corrected chi connectivity index (χ3v) is 4.38. The summed E-state index contributed by atoms with van der Waals surface area (Å²) in [6, 6.07) is 4.00. The molecule has 1 atom stereocenters. The first-order valence-corrected chi connectivity index (χ1v) is 7.76. The number of halogens is 1. The quantitative estimate of drug-likeness (QED) is 0.819. The zero-order valence-corrected chi connectivity index (χ0v) is 12.9. The molecule has 0 N–H and O–H groups in total. The monoisotopic (exact) mass is 339 g/mol. The molecular weight excluding hydrogens is 322 g/mol. The summed E-state index contributed by atoms with van der Waals surface area (Å²) in [4.78, 5) is 20.9. The Kier molecular flexibility index (Phi) is 4.21. The molecule has 108 valence electrons. The van der Waals surface area contributed by atoms with Crippen molar-refractivity contribution in [3.05, 3.63) is 22.8 Å². The normalized spacial score (nSPS) is 23.1. The average Bonchev–Trinajstić information content (AvgIpc) is 3.02. The highest BCUT2D eigenvalue weighted by Gasteiger charge is 2.30. The van der Waals surface area contributed by atoms with Crippen molar-refractivity contribution < 1.29 is 9.53 Å². The van der Waals surface area contributed by atoms with Gasteiger partial charge in [0.25, 0.3) is 0 Å². The van der Waals surface area contributed by atoms with Crippen molar-refractivity contribution in [2.45, 2.75) is 6.42 Å². The highest BCUT2D eigenvalue weighted by molar-refractivity contribution is 9.10. The zero-order chi connectivity index (χ0) is 13.9. The molecule has 0 bridgehead atoms. The number of hydrogen-bond acceptors (Lipinski definition) is 4. The third-order valence-electron chi connectivity index (χ3n) is 3.91. The highest BCUT2D eigenvalue weighted by Crippen LogP contribution is 2.19. The maximum atomic E-state index is 12.3. The van der Waals surface area contributed by atoms with Gasteiger partial charge in [-0.05, 0) is 34.5 Å². The van der Waals surface area contributed by atoms with Gasteiger partial charge in [0.2, 0.25) is 5.91 Å². The van der Waals surface area contributed by atoms with Crippen LogP contribution in [-0.2, 0) is 9.53 Å². The second-order valence-electron chi connectivity index (χ2n) is 5.21. The van der Waals surface area contributed by atoms with E-state index in [4.69, 9.17) is 4.74 Å². The van der Waals surface area contributed by atoms with E-state index in [1.165, 1.54) is 0 Å². The lowest BCUT2D eigenvalue weighted by atomic mass is 10.1. The number of pyridine rings is 1. The molecule has 2 aliphatic heterocycles. The molecule has 0 aromatic carbocycles. The fraction of sp³-hybridized carbons (Fsp3) is 0.571. The molecule has 6 heteroatoms. The first-order chi connectivity index (χ1) is 9.74. The summed E-state index contributed by atoms with van der Waals surface area (Å²) in [5, 5.41) is 0. The molecule has 0 aliphatic carbocycles. The predicted octanol–water partition coefficient (Wildman–Crippen LogP) is 1.53. The van der Waals surface area contributed by atoms with E-state index in [0.29, 0.717) is 6.61 Å². The van der Waals surface area contributed by atoms with Crippen LogP contribution >= 0.6 is 15.9 Å². The van der Waals surface area contributed by atoms with Gasteiger partial charge >= 0.3 is 0 Å². The number of aromatic nitrogens is 1. The molecule has 0 spiro atoms. The van der Waals surface area contributed by atoms with E-state index in [1.54, 1.807) is 0 Å². The van der Waals surface area contributed by atoms with E-state index >= 15 is 0 Å². The number of piperazine rings is 1. The first kappa shape index (κ1) is 13.8. The minimum atomic E-state index is 0.0763. The van der Waals surface area contributed by atoms with Crippen LogP contribution in [0.1, 0.15) is 6.42 Å². The van der Waals surface area contributed by atoms with E-state index in [0.717, 1.165) is 49.5 Å². The second-order valence-corrected chi connectivity index (χ2v) is 6.12. The minimum Gasteiger partial charge on any atom is -0.381 e. The lowest BCUT2D eigenvalue weighted by Crippen LogP contribution is -2.50. The fourth-order valence-electron chi connectivity index (χ4n) is 2.70. The lowest BCUT2D eigenvalue weighted by molar-refractivity contribution is -0.135. The Balaban J connectivity index is 1.56. The Morgan fingerprint density at radius 3 is 2.70 bits per heavy atom. The van der Waals surface area contributed by atoms with Crippen molar-refractivity contribution in [1.29, 1.82) is 0 Å². The number of carbonyl (C=O) groups is 1. The van der Waals surface area contributed by atoms with Crippen LogP contribution < -0.4 is 4.90 Å². The number of amides is 1. The van der Waals surface area contributed by atoms with Crippen LogP contribution in [0.15, 0.2) is 22.8 Å². The van der Waals surface area contributed by atoms with E-state index in [2.05, 4.69) is 25.8 Å². The van der Waals surface area contributed by atoms with E-state index in [9.17, 15) is 4.79 Å². The number of nitrogens with zero attached hydrogens (tertiary/aromatic N) is 3. The molecule has 2 aliphatic rings. The molecule has 1 unspecified atom stereocenters. The summed E-state index contributed by atoms with van der Waals surface area (Å²) >= 11 is 3.39. The van der Waals surface area contributed by atoms with Crippen LogP contribution in [0.5, 0.6) is 0 Å². The van der Waals surface area contributed by atoms with Gasteiger partial charge in [0.15, 0.2) is 0 Å². The largest absolute Gasteiger partial charge is 0.381 e. The molecule has 1 aromatic heterocycles. The zero-order valence-electron chi connectivity index (χ0n) is 11.3. The Bertz CT molecular complexity index is 466. The molecule has 2 fully saturated rings. The molecule has 0 radical (unpaired) electrons. The Labute approximate surface area is 127 Å². The van der Waals surface area contributed by atoms with Crippen molar-refractivity contribution in [2.24, 2.45) is 5.92 Å². The summed E-state index contributed by atoms with van der Waals surface area (Å²) in [6.45, 7) is 4.54. The standard InChI is InChI=1S/C14H18BrN3O2/c15-12-1-2-13(16-9-12)17-4-6-18(7-5-17)14(19)11-3-8-20-10-11/h1-2,9,11H,3-8,10H2. The molecule has 0 saturated carbocycles. The average molecular weight is 340 g/mol. The first-order valence-electron chi connectivity index (χ1n) is 6.97. The minimum absolute atomic E-state index is 0.0763. The van der Waals surface area contributed by atoms with Crippen molar-refractivity contribution in [3.63, 3.8) is 0 Å². The smallest absolute Gasteiger partial charge is 0.228 e. The van der Waals surface area contributed by atoms with E-state index < -0.39 is 0 Å². The highest BCUT2D eigenvalue weighted by atomic mass is 79.9. The summed E-state index contributed by atoms with van der Waals surface area (Å²) in [7, 11) is 0. The second kappa shape index (κ2) is 6.10. The number of ether oxygens (including phenoxy) is 1. The number of hydrogen-bond donors (Lipinski definition) is 0. The van der Waals surface area contributed by atoms with Crippen LogP contribution in [0.3, 0.4) is 0 Å². The van der Waals surface area contributed by atoms with Gasteiger partial charge in [-0.3, -0.25) is 4.79 Å². The summed E-state index contributed by atoms with van der Waals surface area (Å²) < 4.78 is 6.28. The fourth-order valence-corrected chi connectivity index (χ4v) is 2.93. The van der Waals surface area contributed by atoms with Gasteiger partial charge in [0, 0.05) is 43.5 Å². The summed E-state index contributed by atoms with van der Waals surface area (Å²) in [5.74, 6) is 1.31. The Hall–Kier alpha value is -1.14. The molecular formula is C14H18BrN3O2. The van der Waals surface area contributed by atoms with Crippen molar-refractivity contribution in [2.75, 3.05) is 44.3 Å². The Morgan fingerprint density at radius 1 is 1.30 bits per heavy atom. The molecule has 3 heterocycles. The van der Waals surface area contributed by atoms with E-state index in [-0.39, 0.29) is 11.8 Å². The maximum Gasteiger partial charge on any atom is 0.228 e. The van der Waals surface area contributed by atoms with Crippen LogP contribution in [0.25, 0.3) is 0 Å².